The van der Waals surface area contributed by atoms with E-state index in [0.717, 1.165) is 107 Å². The predicted octanol–water partition coefficient (Wildman–Crippen LogP) is 5.71. The van der Waals surface area contributed by atoms with Crippen LogP contribution in [0.2, 0.25) is 0 Å². The van der Waals surface area contributed by atoms with Crippen molar-refractivity contribution in [1.82, 2.24) is 30.3 Å². The molecule has 2 aromatic carbocycles. The molecule has 11 heteroatoms. The molecule has 0 radical (unpaired) electrons. The van der Waals surface area contributed by atoms with Crippen LogP contribution in [0.15, 0.2) is 73.1 Å². The summed E-state index contributed by atoms with van der Waals surface area (Å²) < 4.78 is 0. The molecule has 4 aliphatic heterocycles. The first-order chi connectivity index (χ1) is 28.3. The van der Waals surface area contributed by atoms with Crippen molar-refractivity contribution >= 4 is 35.6 Å². The van der Waals surface area contributed by atoms with E-state index in [0.29, 0.717) is 42.5 Å². The summed E-state index contributed by atoms with van der Waals surface area (Å²) in [5, 5.41) is 5.32. The number of piperidine rings is 3. The number of carbonyl (C=O) groups is 5. The molecule has 3 fully saturated rings. The zero-order valence-electron chi connectivity index (χ0n) is 33.3. The van der Waals surface area contributed by atoms with E-state index in [4.69, 9.17) is 0 Å². The zero-order chi connectivity index (χ0) is 40.3. The number of nitrogens with one attached hydrogen (secondary N) is 2. The number of carbonyl (C=O) groups excluding carboxylic acids is 5. The molecular weight excluding hydrogens is 729 g/mol. The lowest BCUT2D eigenvalue weighted by Crippen LogP contribution is -2.52. The normalized spacial score (nSPS) is 19.2. The molecule has 3 aromatic rings. The Morgan fingerprint density at radius 1 is 0.897 bits per heavy atom. The molecule has 0 bridgehead atoms. The molecule has 3 saturated heterocycles. The summed E-state index contributed by atoms with van der Waals surface area (Å²) in [6.07, 6.45) is 16.4. The van der Waals surface area contributed by atoms with Gasteiger partial charge in [-0.1, -0.05) is 55.0 Å². The fraction of sp³-hybridized carbons (Fsp3) is 0.447. The molecule has 4 aliphatic rings. The average Bonchev–Trinajstić information content (AvgIpc) is 3.59. The molecule has 1 unspecified atom stereocenters. The number of aromatic nitrogens is 1. The number of amides is 5. The largest absolute Gasteiger partial charge is 0.353 e. The van der Waals surface area contributed by atoms with Crippen molar-refractivity contribution in [2.24, 2.45) is 5.92 Å². The van der Waals surface area contributed by atoms with Crippen LogP contribution in [0, 0.1) is 17.8 Å². The number of rotatable bonds is 13. The van der Waals surface area contributed by atoms with Gasteiger partial charge in [0.05, 0.1) is 5.56 Å². The highest BCUT2D eigenvalue weighted by Crippen LogP contribution is 2.31. The number of benzene rings is 2. The lowest BCUT2D eigenvalue weighted by molar-refractivity contribution is -0.137. The molecule has 0 spiro atoms. The molecule has 1 aromatic heterocycles. The predicted molar refractivity (Wildman–Crippen MR) is 222 cm³/mol. The third kappa shape index (κ3) is 10.5. The van der Waals surface area contributed by atoms with E-state index in [1.807, 2.05) is 47.4 Å². The fourth-order valence-electron chi connectivity index (χ4n) is 8.74. The van der Waals surface area contributed by atoms with Gasteiger partial charge in [0.25, 0.3) is 11.8 Å². The topological polar surface area (TPSA) is 132 Å². The number of hydrogen-bond donors (Lipinski definition) is 2. The van der Waals surface area contributed by atoms with Gasteiger partial charge in [-0.2, -0.15) is 0 Å². The van der Waals surface area contributed by atoms with E-state index < -0.39 is 11.9 Å². The standard InChI is InChI=1S/C47H54N6O5/c54-42(19-13-35-9-7-25-48-32-35)49-26-4-3-8-34-21-30-52(31-22-34)46(57)39-16-14-36(15-17-39)37-23-28-51(29-24-37)27-5-1-2-10-38-11-6-12-40-33-53(47(58)44(38)40)41-18-20-43(55)50-45(41)56/h6-7,9,11-17,19,25,32,34,37,41H,1,3-5,8,18,20-24,26-31,33H2,(H,49,54)(H,50,55,56)/b19-13+. The molecule has 11 nitrogen and oxygen atoms in total. The molecule has 0 saturated carbocycles. The van der Waals surface area contributed by atoms with Gasteiger partial charge < -0.3 is 20.0 Å². The summed E-state index contributed by atoms with van der Waals surface area (Å²) in [7, 11) is 0. The van der Waals surface area contributed by atoms with E-state index in [-0.39, 0.29) is 30.0 Å². The van der Waals surface area contributed by atoms with Crippen molar-refractivity contribution in [3.8, 4) is 11.8 Å². The molecule has 2 N–H and O–H groups in total. The van der Waals surface area contributed by atoms with Crippen molar-refractivity contribution in [1.29, 1.82) is 0 Å². The van der Waals surface area contributed by atoms with E-state index in [1.54, 1.807) is 29.4 Å². The Bertz CT molecular complexity index is 2040. The maximum absolute atomic E-state index is 13.3. The maximum Gasteiger partial charge on any atom is 0.256 e. The average molecular weight is 783 g/mol. The Kier molecular flexibility index (Phi) is 13.8. The van der Waals surface area contributed by atoms with Gasteiger partial charge in [0.15, 0.2) is 0 Å². The number of unbranched alkanes of at least 4 members (excludes halogenated alkanes) is 2. The second-order valence-electron chi connectivity index (χ2n) is 16.0. The summed E-state index contributed by atoms with van der Waals surface area (Å²) in [6, 6.07) is 17.1. The van der Waals surface area contributed by atoms with Gasteiger partial charge in [0, 0.05) is 68.6 Å². The van der Waals surface area contributed by atoms with Crippen LogP contribution in [0.3, 0.4) is 0 Å². The Balaban J connectivity index is 0.769. The molecule has 5 amide bonds. The minimum atomic E-state index is -0.630. The van der Waals surface area contributed by atoms with Crippen LogP contribution in [0.25, 0.3) is 6.08 Å². The smallest absolute Gasteiger partial charge is 0.256 e. The van der Waals surface area contributed by atoms with Crippen molar-refractivity contribution in [3.63, 3.8) is 0 Å². The van der Waals surface area contributed by atoms with Gasteiger partial charge in [-0.15, -0.1) is 0 Å². The number of hydrogen-bond acceptors (Lipinski definition) is 7. The second-order valence-corrected chi connectivity index (χ2v) is 16.0. The van der Waals surface area contributed by atoms with Crippen LogP contribution in [-0.2, 0) is 20.9 Å². The Morgan fingerprint density at radius 3 is 2.47 bits per heavy atom. The van der Waals surface area contributed by atoms with Crippen LogP contribution in [-0.4, -0.2) is 94.5 Å². The maximum atomic E-state index is 13.3. The molecule has 302 valence electrons. The van der Waals surface area contributed by atoms with E-state index in [9.17, 15) is 24.0 Å². The highest BCUT2D eigenvalue weighted by molar-refractivity contribution is 6.06. The molecule has 7 rings (SSSR count). The quantitative estimate of drug-likeness (QED) is 0.0984. The van der Waals surface area contributed by atoms with Gasteiger partial charge in [-0.25, -0.2) is 0 Å². The zero-order valence-corrected chi connectivity index (χ0v) is 33.3. The number of imide groups is 1. The van der Waals surface area contributed by atoms with Gasteiger partial charge in [-0.3, -0.25) is 34.3 Å². The first kappa shape index (κ1) is 40.6. The molecule has 1 atom stereocenters. The Morgan fingerprint density at radius 2 is 1.71 bits per heavy atom. The van der Waals surface area contributed by atoms with Gasteiger partial charge in [0.2, 0.25) is 17.7 Å². The Hall–Kier alpha value is -5.60. The van der Waals surface area contributed by atoms with E-state index >= 15 is 0 Å². The first-order valence-electron chi connectivity index (χ1n) is 21.1. The summed E-state index contributed by atoms with van der Waals surface area (Å²) >= 11 is 0. The van der Waals surface area contributed by atoms with Crippen molar-refractivity contribution in [3.05, 3.63) is 106 Å². The number of fused-ring (bicyclic) bond motifs is 1. The second kappa shape index (κ2) is 19.7. The van der Waals surface area contributed by atoms with Gasteiger partial charge >= 0.3 is 0 Å². The summed E-state index contributed by atoms with van der Waals surface area (Å²) in [6.45, 7) is 5.65. The van der Waals surface area contributed by atoms with E-state index in [1.165, 1.54) is 5.56 Å². The lowest BCUT2D eigenvalue weighted by Gasteiger charge is -2.33. The summed E-state index contributed by atoms with van der Waals surface area (Å²) in [5.74, 6) is 6.78. The van der Waals surface area contributed by atoms with Crippen LogP contribution < -0.4 is 10.6 Å². The Labute approximate surface area is 341 Å². The SMILES string of the molecule is O=C(/C=C/c1cccnc1)NCCCCC1CCN(C(=O)c2ccc(C3CCN(CCCC#Cc4cccc5c4C(=O)N(C4CCC(=O)NC4=O)C5)CC3)cc2)CC1. The number of nitrogens with zero attached hydrogens (tertiary/aromatic N) is 4. The fourth-order valence-corrected chi connectivity index (χ4v) is 8.74. The number of pyridine rings is 1. The van der Waals surface area contributed by atoms with Gasteiger partial charge in [-0.05, 0) is 123 Å². The van der Waals surface area contributed by atoms with Crippen LogP contribution >= 0.6 is 0 Å². The third-order valence-corrected chi connectivity index (χ3v) is 12.1. The van der Waals surface area contributed by atoms with Crippen molar-refractivity contribution in [2.75, 3.05) is 39.3 Å². The summed E-state index contributed by atoms with van der Waals surface area (Å²) in [5.41, 5.74) is 5.13. The van der Waals surface area contributed by atoms with Crippen LogP contribution in [0.1, 0.15) is 120 Å². The van der Waals surface area contributed by atoms with E-state index in [2.05, 4.69) is 44.5 Å². The third-order valence-electron chi connectivity index (χ3n) is 12.1. The van der Waals surface area contributed by atoms with Crippen LogP contribution in [0.5, 0.6) is 0 Å². The van der Waals surface area contributed by atoms with Crippen molar-refractivity contribution < 1.29 is 24.0 Å². The highest BCUT2D eigenvalue weighted by Gasteiger charge is 2.40. The van der Waals surface area contributed by atoms with Crippen molar-refractivity contribution in [2.45, 2.75) is 89.1 Å². The molecule has 0 aliphatic carbocycles. The highest BCUT2D eigenvalue weighted by atomic mass is 16.2. The minimum absolute atomic E-state index is 0.0848. The monoisotopic (exact) mass is 782 g/mol. The molecular formula is C47H54N6O5. The van der Waals surface area contributed by atoms with Gasteiger partial charge in [0.1, 0.15) is 6.04 Å². The number of likely N-dealkylation sites (tertiary alicyclic amines) is 2. The lowest BCUT2D eigenvalue weighted by atomic mass is 9.88. The van der Waals surface area contributed by atoms with Crippen LogP contribution in [0.4, 0.5) is 0 Å². The molecule has 5 heterocycles. The summed E-state index contributed by atoms with van der Waals surface area (Å²) in [4.78, 5) is 72.9. The minimum Gasteiger partial charge on any atom is -0.353 e. The first-order valence-corrected chi connectivity index (χ1v) is 21.1. The molecule has 58 heavy (non-hydrogen) atoms.